The van der Waals surface area contributed by atoms with Gasteiger partial charge in [0.2, 0.25) is 10.0 Å². The van der Waals surface area contributed by atoms with Crippen molar-refractivity contribution in [3.63, 3.8) is 0 Å². The number of rotatable bonds is 5. The van der Waals surface area contributed by atoms with Crippen molar-refractivity contribution in [3.05, 3.63) is 63.9 Å². The third kappa shape index (κ3) is 4.07. The highest BCUT2D eigenvalue weighted by Gasteiger charge is 2.18. The summed E-state index contributed by atoms with van der Waals surface area (Å²) in [5, 5.41) is 8.68. The molecule has 0 aliphatic rings. The summed E-state index contributed by atoms with van der Waals surface area (Å²) in [6.45, 7) is 1.50. The van der Waals surface area contributed by atoms with E-state index in [-0.39, 0.29) is 27.6 Å². The van der Waals surface area contributed by atoms with Crippen LogP contribution in [0.1, 0.15) is 21.5 Å². The molecule has 0 spiro atoms. The van der Waals surface area contributed by atoms with Gasteiger partial charge in [0.15, 0.2) is 0 Å². The van der Waals surface area contributed by atoms with Gasteiger partial charge in [-0.25, -0.2) is 22.3 Å². The third-order valence-corrected chi connectivity index (χ3v) is 4.85. The van der Waals surface area contributed by atoms with Crippen molar-refractivity contribution in [3.8, 4) is 0 Å². The maximum Gasteiger partial charge on any atom is 0.337 e. The summed E-state index contributed by atoms with van der Waals surface area (Å²) in [4.78, 5) is 10.7. The van der Waals surface area contributed by atoms with Gasteiger partial charge < -0.3 is 5.11 Å². The highest BCUT2D eigenvalue weighted by molar-refractivity contribution is 7.89. The Bertz CT molecular complexity index is 868. The van der Waals surface area contributed by atoms with E-state index in [0.717, 1.165) is 23.8 Å². The third-order valence-electron chi connectivity index (χ3n) is 3.14. The van der Waals surface area contributed by atoms with E-state index in [0.29, 0.717) is 0 Å². The van der Waals surface area contributed by atoms with Crippen molar-refractivity contribution >= 4 is 27.6 Å². The molecule has 2 aromatic carbocycles. The Kier molecular flexibility index (Phi) is 5.03. The molecule has 0 saturated carbocycles. The molecule has 0 heterocycles. The number of hydrogen-bond donors (Lipinski definition) is 2. The van der Waals surface area contributed by atoms with Crippen LogP contribution in [0.25, 0.3) is 0 Å². The standard InChI is InChI=1S/C15H13ClFNO4S/c1-9-2-3-10(14(17)6-9)8-18-23(21,22)11-4-5-12(15(19)20)13(16)7-11/h2-7,18H,8H2,1H3,(H,19,20). The Labute approximate surface area is 137 Å². The van der Waals surface area contributed by atoms with E-state index in [1.165, 1.54) is 12.1 Å². The second kappa shape index (κ2) is 6.66. The summed E-state index contributed by atoms with van der Waals surface area (Å²) in [7, 11) is -3.94. The molecule has 5 nitrogen and oxygen atoms in total. The van der Waals surface area contributed by atoms with Gasteiger partial charge in [0, 0.05) is 12.1 Å². The zero-order valence-corrected chi connectivity index (χ0v) is 13.6. The van der Waals surface area contributed by atoms with Gasteiger partial charge >= 0.3 is 5.97 Å². The molecular formula is C15H13ClFNO4S. The lowest BCUT2D eigenvalue weighted by molar-refractivity contribution is 0.0697. The number of aryl methyl sites for hydroxylation is 1. The maximum absolute atomic E-state index is 13.7. The summed E-state index contributed by atoms with van der Waals surface area (Å²) < 4.78 is 40.3. The number of carboxylic acid groups (broad SMARTS) is 1. The number of halogens is 2. The molecule has 0 aliphatic carbocycles. The number of hydrogen-bond acceptors (Lipinski definition) is 3. The zero-order chi connectivity index (χ0) is 17.2. The van der Waals surface area contributed by atoms with Crippen LogP contribution < -0.4 is 4.72 Å². The predicted octanol–water partition coefficient (Wildman–Crippen LogP) is 2.96. The van der Waals surface area contributed by atoms with Crippen molar-refractivity contribution in [2.45, 2.75) is 18.4 Å². The van der Waals surface area contributed by atoms with Gasteiger partial charge in [-0.05, 0) is 36.8 Å². The van der Waals surface area contributed by atoms with Crippen LogP contribution in [0.15, 0.2) is 41.3 Å². The number of aromatic carboxylic acids is 1. The number of carbonyl (C=O) groups is 1. The SMILES string of the molecule is Cc1ccc(CNS(=O)(=O)c2ccc(C(=O)O)c(Cl)c2)c(F)c1. The van der Waals surface area contributed by atoms with E-state index < -0.39 is 21.8 Å². The first kappa shape index (κ1) is 17.4. The van der Waals surface area contributed by atoms with Crippen LogP contribution in [0, 0.1) is 12.7 Å². The first-order valence-electron chi connectivity index (χ1n) is 6.48. The lowest BCUT2D eigenvalue weighted by Crippen LogP contribution is -2.24. The topological polar surface area (TPSA) is 83.5 Å². The Balaban J connectivity index is 2.22. The van der Waals surface area contributed by atoms with E-state index in [2.05, 4.69) is 4.72 Å². The van der Waals surface area contributed by atoms with Crippen molar-refractivity contribution in [2.24, 2.45) is 0 Å². The first-order valence-corrected chi connectivity index (χ1v) is 8.34. The average molecular weight is 358 g/mol. The molecule has 0 saturated heterocycles. The maximum atomic E-state index is 13.7. The van der Waals surface area contributed by atoms with Crippen molar-refractivity contribution in [1.29, 1.82) is 0 Å². The molecule has 0 unspecified atom stereocenters. The van der Waals surface area contributed by atoms with E-state index in [1.807, 2.05) is 0 Å². The molecule has 0 bridgehead atoms. The number of benzene rings is 2. The molecule has 0 aromatic heterocycles. The number of carboxylic acids is 1. The van der Waals surface area contributed by atoms with Crippen molar-refractivity contribution in [2.75, 3.05) is 0 Å². The monoisotopic (exact) mass is 357 g/mol. The Morgan fingerprint density at radius 2 is 1.96 bits per heavy atom. The number of nitrogens with one attached hydrogen (secondary N) is 1. The van der Waals surface area contributed by atoms with Crippen LogP contribution >= 0.6 is 11.6 Å². The van der Waals surface area contributed by atoms with Gasteiger partial charge in [0.1, 0.15) is 5.82 Å². The summed E-state index contributed by atoms with van der Waals surface area (Å²) in [6.07, 6.45) is 0. The quantitative estimate of drug-likeness (QED) is 0.861. The molecule has 0 atom stereocenters. The zero-order valence-electron chi connectivity index (χ0n) is 12.0. The fourth-order valence-electron chi connectivity index (χ4n) is 1.89. The lowest BCUT2D eigenvalue weighted by atomic mass is 10.1. The highest BCUT2D eigenvalue weighted by atomic mass is 35.5. The predicted molar refractivity (Wildman–Crippen MR) is 83.6 cm³/mol. The fourth-order valence-corrected chi connectivity index (χ4v) is 3.25. The molecule has 2 aromatic rings. The van der Waals surface area contributed by atoms with Gasteiger partial charge in [-0.3, -0.25) is 0 Å². The minimum Gasteiger partial charge on any atom is -0.478 e. The van der Waals surface area contributed by atoms with Gasteiger partial charge in [0.25, 0.3) is 0 Å². The van der Waals surface area contributed by atoms with E-state index >= 15 is 0 Å². The lowest BCUT2D eigenvalue weighted by Gasteiger charge is -2.09. The molecule has 23 heavy (non-hydrogen) atoms. The normalized spacial score (nSPS) is 11.4. The van der Waals surface area contributed by atoms with Crippen LogP contribution in [0.2, 0.25) is 5.02 Å². The van der Waals surface area contributed by atoms with Crippen molar-refractivity contribution < 1.29 is 22.7 Å². The molecule has 122 valence electrons. The van der Waals surface area contributed by atoms with Crippen LogP contribution in [0.3, 0.4) is 0 Å². The fraction of sp³-hybridized carbons (Fsp3) is 0.133. The summed E-state index contributed by atoms with van der Waals surface area (Å²) in [5.41, 5.74) is 0.729. The van der Waals surface area contributed by atoms with Gasteiger partial charge in [-0.1, -0.05) is 23.7 Å². The highest BCUT2D eigenvalue weighted by Crippen LogP contribution is 2.21. The van der Waals surface area contributed by atoms with Gasteiger partial charge in [-0.15, -0.1) is 0 Å². The molecule has 0 aliphatic heterocycles. The molecule has 0 amide bonds. The minimum absolute atomic E-state index is 0.193. The van der Waals surface area contributed by atoms with Gasteiger partial charge in [0.05, 0.1) is 15.5 Å². The Hall–Kier alpha value is -1.96. The molecule has 2 rings (SSSR count). The largest absolute Gasteiger partial charge is 0.478 e. The second-order valence-electron chi connectivity index (χ2n) is 4.87. The summed E-state index contributed by atoms with van der Waals surface area (Å²) in [6, 6.07) is 7.74. The van der Waals surface area contributed by atoms with Gasteiger partial charge in [-0.2, -0.15) is 0 Å². The van der Waals surface area contributed by atoms with Crippen molar-refractivity contribution in [1.82, 2.24) is 4.72 Å². The van der Waals surface area contributed by atoms with Crippen LogP contribution in [-0.2, 0) is 16.6 Å². The van der Waals surface area contributed by atoms with E-state index in [1.54, 1.807) is 13.0 Å². The summed E-state index contributed by atoms with van der Waals surface area (Å²) in [5.74, 6) is -1.76. The van der Waals surface area contributed by atoms with Crippen LogP contribution in [0.4, 0.5) is 4.39 Å². The van der Waals surface area contributed by atoms with Crippen LogP contribution in [-0.4, -0.2) is 19.5 Å². The van der Waals surface area contributed by atoms with E-state index in [4.69, 9.17) is 16.7 Å². The molecule has 8 heteroatoms. The Morgan fingerprint density at radius 3 is 2.52 bits per heavy atom. The second-order valence-corrected chi connectivity index (χ2v) is 7.04. The van der Waals surface area contributed by atoms with Crippen LogP contribution in [0.5, 0.6) is 0 Å². The Morgan fingerprint density at radius 1 is 1.26 bits per heavy atom. The number of sulfonamides is 1. The smallest absolute Gasteiger partial charge is 0.337 e. The van der Waals surface area contributed by atoms with E-state index in [9.17, 15) is 17.6 Å². The molecule has 0 fully saturated rings. The first-order chi connectivity index (χ1) is 10.7. The molecule has 2 N–H and O–H groups in total. The summed E-state index contributed by atoms with van der Waals surface area (Å²) >= 11 is 5.76. The minimum atomic E-state index is -3.94. The average Bonchev–Trinajstić information content (AvgIpc) is 2.45. The molecular weight excluding hydrogens is 345 g/mol. The molecule has 0 radical (unpaired) electrons.